The Hall–Kier alpha value is -0.350. The molecule has 3 fully saturated rings. The molecule has 1 aliphatic heterocycles. The van der Waals surface area contributed by atoms with Crippen LogP contribution in [0.25, 0.3) is 0 Å². The zero-order valence-corrected chi connectivity index (χ0v) is 11.3. The van der Waals surface area contributed by atoms with Gasteiger partial charge in [-0.15, -0.1) is 0 Å². The number of nitrogens with zero attached hydrogens (tertiary/aromatic N) is 1. The Morgan fingerprint density at radius 3 is 2.53 bits per heavy atom. The summed E-state index contributed by atoms with van der Waals surface area (Å²) in [6.45, 7) is 2.27. The first-order chi connectivity index (χ1) is 8.31. The maximum Gasteiger partial charge on any atom is 0.181 e. The summed E-state index contributed by atoms with van der Waals surface area (Å²) in [4.78, 5) is 0. The van der Waals surface area contributed by atoms with E-state index in [4.69, 9.17) is 12.2 Å². The molecule has 0 spiro atoms. The van der Waals surface area contributed by atoms with E-state index in [1.807, 2.05) is 0 Å². The van der Waals surface area contributed by atoms with Gasteiger partial charge in [-0.1, -0.05) is 12.8 Å². The standard InChI is InChI=1S/C13H23N3S/c17-13(15-16-6-2-1-3-7-16)14-12-9-10-4-5-11(12)8-10/h10-12H,1-9H2,(H2,14,15,17). The number of thiocarbonyl (C=S) groups is 1. The summed E-state index contributed by atoms with van der Waals surface area (Å²) in [6.07, 6.45) is 9.60. The van der Waals surface area contributed by atoms with Crippen molar-refractivity contribution < 1.29 is 0 Å². The van der Waals surface area contributed by atoms with Crippen molar-refractivity contribution in [2.24, 2.45) is 11.8 Å². The number of hydrogen-bond donors (Lipinski definition) is 2. The van der Waals surface area contributed by atoms with E-state index >= 15 is 0 Å². The summed E-state index contributed by atoms with van der Waals surface area (Å²) in [5.41, 5.74) is 3.36. The zero-order chi connectivity index (χ0) is 11.7. The molecule has 2 bridgehead atoms. The van der Waals surface area contributed by atoms with Crippen LogP contribution in [-0.2, 0) is 0 Å². The fourth-order valence-corrected chi connectivity index (χ4v) is 4.05. The number of nitrogens with one attached hydrogen (secondary N) is 2. The molecule has 0 aromatic rings. The molecule has 0 amide bonds. The van der Waals surface area contributed by atoms with Crippen LogP contribution >= 0.6 is 12.2 Å². The third-order valence-corrected chi connectivity index (χ3v) is 4.88. The first-order valence-electron chi connectivity index (χ1n) is 7.13. The van der Waals surface area contributed by atoms with E-state index in [9.17, 15) is 0 Å². The van der Waals surface area contributed by atoms with Crippen molar-refractivity contribution >= 4 is 17.3 Å². The van der Waals surface area contributed by atoms with Gasteiger partial charge in [-0.2, -0.15) is 0 Å². The van der Waals surface area contributed by atoms with Gasteiger partial charge in [-0.3, -0.25) is 5.43 Å². The fraction of sp³-hybridized carbons (Fsp3) is 0.923. The van der Waals surface area contributed by atoms with Crippen molar-refractivity contribution in [3.8, 4) is 0 Å². The minimum atomic E-state index is 0.651. The topological polar surface area (TPSA) is 27.3 Å². The van der Waals surface area contributed by atoms with E-state index in [2.05, 4.69) is 15.8 Å². The van der Waals surface area contributed by atoms with E-state index in [1.165, 1.54) is 44.9 Å². The van der Waals surface area contributed by atoms with Crippen LogP contribution in [0.1, 0.15) is 44.9 Å². The third-order valence-electron chi connectivity index (χ3n) is 4.67. The van der Waals surface area contributed by atoms with Crippen molar-refractivity contribution in [3.63, 3.8) is 0 Å². The maximum atomic E-state index is 5.42. The fourth-order valence-electron chi connectivity index (χ4n) is 3.77. The van der Waals surface area contributed by atoms with Crippen molar-refractivity contribution in [2.45, 2.75) is 51.0 Å². The van der Waals surface area contributed by atoms with Crippen molar-refractivity contribution in [2.75, 3.05) is 13.1 Å². The highest BCUT2D eigenvalue weighted by atomic mass is 32.1. The lowest BCUT2D eigenvalue weighted by Crippen LogP contribution is -2.52. The number of hydrogen-bond acceptors (Lipinski definition) is 2. The number of hydrazine groups is 1. The van der Waals surface area contributed by atoms with Crippen molar-refractivity contribution in [3.05, 3.63) is 0 Å². The third kappa shape index (κ3) is 2.74. The Morgan fingerprint density at radius 1 is 1.06 bits per heavy atom. The summed E-state index contributed by atoms with van der Waals surface area (Å²) < 4.78 is 0. The molecule has 1 heterocycles. The molecular weight excluding hydrogens is 230 g/mol. The minimum absolute atomic E-state index is 0.651. The molecule has 4 heteroatoms. The molecule has 96 valence electrons. The van der Waals surface area contributed by atoms with Crippen LogP contribution in [0.4, 0.5) is 0 Å². The second-order valence-electron chi connectivity index (χ2n) is 5.91. The molecule has 2 aliphatic carbocycles. The van der Waals surface area contributed by atoms with Crippen LogP contribution < -0.4 is 10.7 Å². The van der Waals surface area contributed by atoms with Crippen LogP contribution in [0, 0.1) is 11.8 Å². The molecule has 1 saturated heterocycles. The Kier molecular flexibility index (Phi) is 3.52. The lowest BCUT2D eigenvalue weighted by molar-refractivity contribution is 0.192. The highest BCUT2D eigenvalue weighted by Gasteiger charge is 2.39. The average molecular weight is 253 g/mol. The summed E-state index contributed by atoms with van der Waals surface area (Å²) in [7, 11) is 0. The molecule has 3 atom stereocenters. The van der Waals surface area contributed by atoms with Gasteiger partial charge < -0.3 is 5.32 Å². The number of fused-ring (bicyclic) bond motifs is 2. The molecular formula is C13H23N3S. The van der Waals surface area contributed by atoms with Gasteiger partial charge in [0.05, 0.1) is 0 Å². The van der Waals surface area contributed by atoms with Gasteiger partial charge in [0.15, 0.2) is 5.11 Å². The summed E-state index contributed by atoms with van der Waals surface area (Å²) in [6, 6.07) is 0.651. The van der Waals surface area contributed by atoms with E-state index in [-0.39, 0.29) is 0 Å². The summed E-state index contributed by atoms with van der Waals surface area (Å²) in [5, 5.41) is 6.66. The molecule has 3 aliphatic rings. The highest BCUT2D eigenvalue weighted by molar-refractivity contribution is 7.80. The Balaban J connectivity index is 1.44. The molecule has 3 nitrogen and oxygen atoms in total. The van der Waals surface area contributed by atoms with Crippen LogP contribution in [0.15, 0.2) is 0 Å². The first kappa shape index (κ1) is 11.7. The predicted molar refractivity (Wildman–Crippen MR) is 73.5 cm³/mol. The van der Waals surface area contributed by atoms with Gasteiger partial charge in [-0.25, -0.2) is 5.01 Å². The zero-order valence-electron chi connectivity index (χ0n) is 10.5. The van der Waals surface area contributed by atoms with Crippen LogP contribution in [0.3, 0.4) is 0 Å². The van der Waals surface area contributed by atoms with Gasteiger partial charge >= 0.3 is 0 Å². The molecule has 2 saturated carbocycles. The largest absolute Gasteiger partial charge is 0.359 e. The Morgan fingerprint density at radius 2 is 1.88 bits per heavy atom. The van der Waals surface area contributed by atoms with Crippen LogP contribution in [-0.4, -0.2) is 29.3 Å². The van der Waals surface area contributed by atoms with E-state index < -0.39 is 0 Å². The average Bonchev–Trinajstić information content (AvgIpc) is 2.92. The quantitative estimate of drug-likeness (QED) is 0.737. The maximum absolute atomic E-state index is 5.42. The Bertz CT molecular complexity index is 288. The van der Waals surface area contributed by atoms with Gasteiger partial charge in [0.1, 0.15) is 0 Å². The molecule has 2 N–H and O–H groups in total. The van der Waals surface area contributed by atoms with Crippen LogP contribution in [0.2, 0.25) is 0 Å². The normalized spacial score (nSPS) is 37.1. The summed E-state index contributed by atoms with van der Waals surface area (Å²) >= 11 is 5.42. The number of rotatable bonds is 2. The van der Waals surface area contributed by atoms with Crippen molar-refractivity contribution in [1.82, 2.24) is 15.8 Å². The molecule has 3 rings (SSSR count). The molecule has 3 unspecified atom stereocenters. The van der Waals surface area contributed by atoms with Crippen molar-refractivity contribution in [1.29, 1.82) is 0 Å². The van der Waals surface area contributed by atoms with E-state index in [1.54, 1.807) is 0 Å². The minimum Gasteiger partial charge on any atom is -0.359 e. The van der Waals surface area contributed by atoms with Crippen LogP contribution in [0.5, 0.6) is 0 Å². The van der Waals surface area contributed by atoms with Gasteiger partial charge in [-0.05, 0) is 56.2 Å². The lowest BCUT2D eigenvalue weighted by Gasteiger charge is -2.30. The molecule has 0 radical (unpaired) electrons. The first-order valence-corrected chi connectivity index (χ1v) is 7.54. The summed E-state index contributed by atoms with van der Waals surface area (Å²) in [5.74, 6) is 1.87. The van der Waals surface area contributed by atoms with E-state index in [0.717, 1.165) is 30.0 Å². The lowest BCUT2D eigenvalue weighted by atomic mass is 9.96. The molecule has 17 heavy (non-hydrogen) atoms. The smallest absolute Gasteiger partial charge is 0.181 e. The predicted octanol–water partition coefficient (Wildman–Crippen LogP) is 2.04. The molecule has 0 aromatic carbocycles. The second-order valence-corrected chi connectivity index (χ2v) is 6.32. The Labute approximate surface area is 109 Å². The van der Waals surface area contributed by atoms with Gasteiger partial charge in [0, 0.05) is 19.1 Å². The van der Waals surface area contributed by atoms with Gasteiger partial charge in [0.25, 0.3) is 0 Å². The molecule has 0 aromatic heterocycles. The second kappa shape index (κ2) is 5.11. The monoisotopic (exact) mass is 253 g/mol. The van der Waals surface area contributed by atoms with E-state index in [0.29, 0.717) is 6.04 Å². The SMILES string of the molecule is S=C(NC1CC2CCC1C2)NN1CCCCC1. The van der Waals surface area contributed by atoms with Gasteiger partial charge in [0.2, 0.25) is 0 Å². The highest BCUT2D eigenvalue weighted by Crippen LogP contribution is 2.44. The number of piperidine rings is 1.